The van der Waals surface area contributed by atoms with Gasteiger partial charge >= 0.3 is 11.9 Å². The summed E-state index contributed by atoms with van der Waals surface area (Å²) in [5.41, 5.74) is 1.45. The van der Waals surface area contributed by atoms with Crippen LogP contribution in [-0.4, -0.2) is 38.2 Å². The molecule has 5 nitrogen and oxygen atoms in total. The van der Waals surface area contributed by atoms with Crippen molar-refractivity contribution in [3.05, 3.63) is 64.1 Å². The summed E-state index contributed by atoms with van der Waals surface area (Å²) in [6, 6.07) is 14.3. The van der Waals surface area contributed by atoms with Crippen molar-refractivity contribution < 1.29 is 19.1 Å². The van der Waals surface area contributed by atoms with Crippen LogP contribution < -0.4 is 4.90 Å². The van der Waals surface area contributed by atoms with Crippen molar-refractivity contribution in [3.63, 3.8) is 0 Å². The van der Waals surface area contributed by atoms with E-state index in [0.717, 1.165) is 10.2 Å². The molecule has 0 unspecified atom stereocenters. The summed E-state index contributed by atoms with van der Waals surface area (Å²) in [4.78, 5) is 26.4. The molecule has 0 aromatic heterocycles. The Hall–Kier alpha value is -2.34. The number of fused-ring (bicyclic) bond motifs is 1. The molecule has 1 aliphatic heterocycles. The Morgan fingerprint density at radius 2 is 1.29 bits per heavy atom. The fourth-order valence-corrected chi connectivity index (χ4v) is 2.78. The maximum Gasteiger partial charge on any atom is 0.339 e. The summed E-state index contributed by atoms with van der Waals surface area (Å²) in [5.74, 6) is -1.03. The van der Waals surface area contributed by atoms with Crippen LogP contribution in [0.3, 0.4) is 0 Å². The molecule has 0 saturated carbocycles. The Bertz CT molecular complexity index is 704. The molecule has 0 N–H and O–H groups in total. The first-order valence-electron chi connectivity index (χ1n) is 7.59. The van der Waals surface area contributed by atoms with Gasteiger partial charge in [0.05, 0.1) is 24.2 Å². The molecule has 0 fully saturated rings. The lowest BCUT2D eigenvalue weighted by Crippen LogP contribution is -2.31. The van der Waals surface area contributed by atoms with Crippen LogP contribution in [-0.2, 0) is 9.47 Å². The van der Waals surface area contributed by atoms with Gasteiger partial charge in [0.15, 0.2) is 0 Å². The summed E-state index contributed by atoms with van der Waals surface area (Å²) >= 11 is 3.41. The van der Waals surface area contributed by atoms with Crippen molar-refractivity contribution in [2.45, 2.75) is 0 Å². The zero-order chi connectivity index (χ0) is 16.9. The van der Waals surface area contributed by atoms with Crippen molar-refractivity contribution in [1.29, 1.82) is 0 Å². The third-order valence-corrected chi connectivity index (χ3v) is 4.28. The number of carbonyl (C=O) groups excluding carboxylic acids is 2. The number of nitrogens with zero attached hydrogens (tertiary/aromatic N) is 1. The van der Waals surface area contributed by atoms with E-state index in [4.69, 9.17) is 9.47 Å². The van der Waals surface area contributed by atoms with E-state index in [1.165, 1.54) is 0 Å². The van der Waals surface area contributed by atoms with Crippen LogP contribution >= 0.6 is 15.9 Å². The monoisotopic (exact) mass is 389 g/mol. The van der Waals surface area contributed by atoms with Crippen LogP contribution in [0.5, 0.6) is 0 Å². The quantitative estimate of drug-likeness (QED) is 0.700. The highest BCUT2D eigenvalue weighted by Gasteiger charge is 2.20. The number of ether oxygens (including phenoxy) is 2. The number of anilines is 1. The van der Waals surface area contributed by atoms with E-state index in [-0.39, 0.29) is 24.3 Å². The van der Waals surface area contributed by atoms with E-state index in [1.54, 1.807) is 24.3 Å². The summed E-state index contributed by atoms with van der Waals surface area (Å²) in [5, 5.41) is 0. The number of carbonyl (C=O) groups is 2. The van der Waals surface area contributed by atoms with Crippen molar-refractivity contribution in [3.8, 4) is 0 Å². The van der Waals surface area contributed by atoms with Crippen LogP contribution in [0.15, 0.2) is 53.0 Å². The average molecular weight is 390 g/mol. The molecular formula is C18H16BrNO4. The van der Waals surface area contributed by atoms with Gasteiger partial charge in [0.2, 0.25) is 0 Å². The predicted octanol–water partition coefficient (Wildman–Crippen LogP) is 3.28. The fourth-order valence-electron chi connectivity index (χ4n) is 2.51. The number of benzene rings is 2. The van der Waals surface area contributed by atoms with Gasteiger partial charge in [-0.3, -0.25) is 0 Å². The average Bonchev–Trinajstić information content (AvgIpc) is 2.62. The zero-order valence-corrected chi connectivity index (χ0v) is 14.5. The Kier molecular flexibility index (Phi) is 5.15. The van der Waals surface area contributed by atoms with Gasteiger partial charge in [-0.2, -0.15) is 0 Å². The van der Waals surface area contributed by atoms with Crippen molar-refractivity contribution in [1.82, 2.24) is 0 Å². The second kappa shape index (κ2) is 7.49. The third kappa shape index (κ3) is 3.76. The summed E-state index contributed by atoms with van der Waals surface area (Å²) < 4.78 is 11.6. The molecule has 0 saturated heterocycles. The molecule has 3 rings (SSSR count). The third-order valence-electron chi connectivity index (χ3n) is 3.75. The highest BCUT2D eigenvalue weighted by molar-refractivity contribution is 9.10. The van der Waals surface area contributed by atoms with Crippen molar-refractivity contribution in [2.75, 3.05) is 31.2 Å². The highest BCUT2D eigenvalue weighted by Crippen LogP contribution is 2.19. The number of rotatable bonds is 1. The molecule has 0 aliphatic carbocycles. The number of hydrogen-bond acceptors (Lipinski definition) is 5. The molecule has 0 spiro atoms. The van der Waals surface area contributed by atoms with Gasteiger partial charge in [0.25, 0.3) is 0 Å². The van der Waals surface area contributed by atoms with Gasteiger partial charge in [0.1, 0.15) is 13.2 Å². The lowest BCUT2D eigenvalue weighted by Gasteiger charge is -2.24. The molecule has 2 aromatic carbocycles. The van der Waals surface area contributed by atoms with Crippen LogP contribution in [0.25, 0.3) is 0 Å². The normalized spacial score (nSPS) is 15.8. The minimum absolute atomic E-state index is 0.234. The predicted molar refractivity (Wildman–Crippen MR) is 93.4 cm³/mol. The summed E-state index contributed by atoms with van der Waals surface area (Å²) in [6.45, 7) is 1.51. The van der Waals surface area contributed by atoms with Crippen LogP contribution in [0.2, 0.25) is 0 Å². The van der Waals surface area contributed by atoms with Gasteiger partial charge in [-0.1, -0.05) is 28.1 Å². The second-order valence-electron chi connectivity index (χ2n) is 5.28. The largest absolute Gasteiger partial charge is 0.460 e. The van der Waals surface area contributed by atoms with Gasteiger partial charge in [-0.05, 0) is 36.4 Å². The van der Waals surface area contributed by atoms with E-state index >= 15 is 0 Å². The molecule has 0 amide bonds. The molecule has 24 heavy (non-hydrogen) atoms. The van der Waals surface area contributed by atoms with E-state index in [0.29, 0.717) is 13.1 Å². The maximum atomic E-state index is 12.2. The minimum Gasteiger partial charge on any atom is -0.460 e. The molecule has 2 aromatic rings. The Labute approximate surface area is 148 Å². The van der Waals surface area contributed by atoms with Gasteiger partial charge < -0.3 is 14.4 Å². The smallest absolute Gasteiger partial charge is 0.339 e. The van der Waals surface area contributed by atoms with E-state index in [1.807, 2.05) is 29.2 Å². The first-order chi connectivity index (χ1) is 11.6. The molecule has 0 atom stereocenters. The van der Waals surface area contributed by atoms with Crippen LogP contribution in [0.1, 0.15) is 20.7 Å². The Morgan fingerprint density at radius 1 is 0.792 bits per heavy atom. The number of esters is 2. The van der Waals surface area contributed by atoms with Gasteiger partial charge in [-0.25, -0.2) is 9.59 Å². The number of hydrogen-bond donors (Lipinski definition) is 0. The molecule has 1 aliphatic rings. The zero-order valence-electron chi connectivity index (χ0n) is 12.9. The lowest BCUT2D eigenvalue weighted by atomic mass is 10.1. The van der Waals surface area contributed by atoms with Crippen LogP contribution in [0.4, 0.5) is 5.69 Å². The number of cyclic esters (lactones) is 2. The first kappa shape index (κ1) is 16.5. The molecule has 0 bridgehead atoms. The second-order valence-corrected chi connectivity index (χ2v) is 6.20. The van der Waals surface area contributed by atoms with Crippen LogP contribution in [0, 0.1) is 0 Å². The lowest BCUT2D eigenvalue weighted by molar-refractivity contribution is 0.0488. The molecule has 124 valence electrons. The number of halogens is 1. The molecule has 0 radical (unpaired) electrons. The van der Waals surface area contributed by atoms with E-state index < -0.39 is 11.9 Å². The first-order valence-corrected chi connectivity index (χ1v) is 8.38. The van der Waals surface area contributed by atoms with Gasteiger partial charge in [-0.15, -0.1) is 0 Å². The standard InChI is InChI=1S/C18H16BrNO4/c19-13-5-7-14(8-6-13)20-9-11-23-17(21)15-3-1-2-4-16(15)18(22)24-12-10-20/h1-8H,9-12H2. The summed E-state index contributed by atoms with van der Waals surface area (Å²) in [6.07, 6.45) is 0. The Morgan fingerprint density at radius 3 is 1.79 bits per heavy atom. The maximum absolute atomic E-state index is 12.2. The SMILES string of the molecule is O=C1OCCN(c2ccc(Br)cc2)CCOC(=O)c2ccccc21. The summed E-state index contributed by atoms with van der Waals surface area (Å²) in [7, 11) is 0. The molecular weight excluding hydrogens is 374 g/mol. The molecule has 1 heterocycles. The van der Waals surface area contributed by atoms with E-state index in [2.05, 4.69) is 15.9 Å². The van der Waals surface area contributed by atoms with Crippen molar-refractivity contribution >= 4 is 33.6 Å². The van der Waals surface area contributed by atoms with Gasteiger partial charge in [0, 0.05) is 10.2 Å². The minimum atomic E-state index is -0.514. The Balaban J connectivity index is 1.81. The van der Waals surface area contributed by atoms with E-state index in [9.17, 15) is 9.59 Å². The van der Waals surface area contributed by atoms with Crippen molar-refractivity contribution in [2.24, 2.45) is 0 Å². The molecule has 6 heteroatoms. The highest BCUT2D eigenvalue weighted by atomic mass is 79.9. The topological polar surface area (TPSA) is 55.8 Å². The fraction of sp³-hybridized carbons (Fsp3) is 0.222.